The largest absolute Gasteiger partial charge is 0.268 e. The van der Waals surface area contributed by atoms with Crippen molar-refractivity contribution in [2.24, 2.45) is 0 Å². The molecule has 3 aromatic rings. The topological polar surface area (TPSA) is 79.0 Å². The number of aromatic nitrogens is 3. The zero-order chi connectivity index (χ0) is 18.0. The third-order valence-corrected chi connectivity index (χ3v) is 5.52. The lowest BCUT2D eigenvalue weighted by Gasteiger charge is -2.24. The van der Waals surface area contributed by atoms with Gasteiger partial charge in [-0.2, -0.15) is 5.10 Å². The minimum absolute atomic E-state index is 0.317. The minimum Gasteiger partial charge on any atom is -0.268 e. The molecule has 25 heavy (non-hydrogen) atoms. The van der Waals surface area contributed by atoms with Gasteiger partial charge >= 0.3 is 0 Å². The molecule has 1 aliphatic heterocycles. The Morgan fingerprint density at radius 1 is 0.840 bits per heavy atom. The first kappa shape index (κ1) is 15.5. The number of amides is 2. The Labute approximate surface area is 144 Å². The molecule has 3 heterocycles. The van der Waals surface area contributed by atoms with Crippen molar-refractivity contribution in [3.63, 3.8) is 0 Å². The summed E-state index contributed by atoms with van der Waals surface area (Å²) in [6.07, 6.45) is 3.00. The van der Waals surface area contributed by atoms with E-state index in [1.54, 1.807) is 6.20 Å². The number of benzene rings is 1. The molecule has 0 radical (unpaired) electrons. The van der Waals surface area contributed by atoms with Crippen molar-refractivity contribution in [2.75, 3.05) is 4.90 Å². The van der Waals surface area contributed by atoms with Gasteiger partial charge in [-0.1, -0.05) is 0 Å². The van der Waals surface area contributed by atoms with Crippen LogP contribution in [0, 0.1) is 34.6 Å². The van der Waals surface area contributed by atoms with E-state index >= 15 is 0 Å². The molecule has 0 saturated carbocycles. The number of pyridine rings is 1. The van der Waals surface area contributed by atoms with Crippen LogP contribution in [0.1, 0.15) is 48.5 Å². The van der Waals surface area contributed by atoms with E-state index in [4.69, 9.17) is 0 Å². The van der Waals surface area contributed by atoms with Gasteiger partial charge in [-0.15, -0.1) is 0 Å². The molecule has 6 nitrogen and oxygen atoms in total. The minimum atomic E-state index is -0.329. The first-order valence-electron chi connectivity index (χ1n) is 8.12. The Hall–Kier alpha value is -3.02. The number of hydrogen-bond acceptors (Lipinski definition) is 4. The molecule has 2 aromatic heterocycles. The summed E-state index contributed by atoms with van der Waals surface area (Å²) in [7, 11) is 0. The standard InChI is InChI=1S/C19H18N4O2/c1-8-9(2)11(4)16(12(5)10(8)3)23-18(24)14-6-20-17-13(7-21-22-17)15(14)19(23)25/h6-7H,1-5H3,(H,20,21,22). The molecule has 0 atom stereocenters. The maximum Gasteiger partial charge on any atom is 0.267 e. The van der Waals surface area contributed by atoms with Crippen LogP contribution < -0.4 is 4.90 Å². The Morgan fingerprint density at radius 3 is 2.08 bits per heavy atom. The van der Waals surface area contributed by atoms with Crippen LogP contribution >= 0.6 is 0 Å². The molecule has 0 saturated heterocycles. The van der Waals surface area contributed by atoms with E-state index < -0.39 is 0 Å². The van der Waals surface area contributed by atoms with Crippen LogP contribution in [0.3, 0.4) is 0 Å². The monoisotopic (exact) mass is 334 g/mol. The highest BCUT2D eigenvalue weighted by molar-refractivity contribution is 6.37. The van der Waals surface area contributed by atoms with Crippen molar-refractivity contribution >= 4 is 28.5 Å². The molecule has 1 aliphatic rings. The summed E-state index contributed by atoms with van der Waals surface area (Å²) in [4.78, 5) is 31.7. The summed E-state index contributed by atoms with van der Waals surface area (Å²) in [6, 6.07) is 0. The lowest BCUT2D eigenvalue weighted by atomic mass is 9.92. The number of imide groups is 1. The van der Waals surface area contributed by atoms with Crippen molar-refractivity contribution < 1.29 is 9.59 Å². The highest BCUT2D eigenvalue weighted by Crippen LogP contribution is 2.38. The van der Waals surface area contributed by atoms with Crippen molar-refractivity contribution in [2.45, 2.75) is 34.6 Å². The van der Waals surface area contributed by atoms with Gasteiger partial charge in [0.15, 0.2) is 5.65 Å². The van der Waals surface area contributed by atoms with Crippen LogP contribution in [0.15, 0.2) is 12.4 Å². The second kappa shape index (κ2) is 4.99. The maximum atomic E-state index is 13.2. The van der Waals surface area contributed by atoms with Crippen LogP contribution in [0.25, 0.3) is 11.0 Å². The normalized spacial score (nSPS) is 13.9. The fourth-order valence-electron chi connectivity index (χ4n) is 3.64. The number of carbonyl (C=O) groups is 2. The number of nitrogens with one attached hydrogen (secondary N) is 1. The number of rotatable bonds is 1. The van der Waals surface area contributed by atoms with E-state index in [1.165, 1.54) is 16.7 Å². The zero-order valence-corrected chi connectivity index (χ0v) is 14.8. The number of hydrogen-bond donors (Lipinski definition) is 1. The fraction of sp³-hybridized carbons (Fsp3) is 0.263. The number of fused-ring (bicyclic) bond motifs is 3. The van der Waals surface area contributed by atoms with E-state index in [-0.39, 0.29) is 11.8 Å². The predicted octanol–water partition coefficient (Wildman–Crippen LogP) is 3.30. The molecule has 0 spiro atoms. The van der Waals surface area contributed by atoms with Gasteiger partial charge in [0.25, 0.3) is 11.8 Å². The average molecular weight is 334 g/mol. The summed E-state index contributed by atoms with van der Waals surface area (Å²) in [5.74, 6) is -0.646. The highest BCUT2D eigenvalue weighted by Gasteiger charge is 2.40. The van der Waals surface area contributed by atoms with Gasteiger partial charge in [-0.05, 0) is 62.4 Å². The van der Waals surface area contributed by atoms with Crippen LogP contribution in [0.5, 0.6) is 0 Å². The number of aromatic amines is 1. The van der Waals surface area contributed by atoms with Crippen molar-refractivity contribution in [1.29, 1.82) is 0 Å². The molecule has 0 fully saturated rings. The molecule has 1 aromatic carbocycles. The van der Waals surface area contributed by atoms with E-state index in [1.807, 2.05) is 27.7 Å². The van der Waals surface area contributed by atoms with Crippen molar-refractivity contribution in [3.8, 4) is 0 Å². The smallest absolute Gasteiger partial charge is 0.267 e. The predicted molar refractivity (Wildman–Crippen MR) is 95.2 cm³/mol. The van der Waals surface area contributed by atoms with Gasteiger partial charge < -0.3 is 0 Å². The molecule has 2 amide bonds. The number of nitrogens with zero attached hydrogens (tertiary/aromatic N) is 3. The van der Waals surface area contributed by atoms with Crippen molar-refractivity contribution in [3.05, 3.63) is 51.3 Å². The third kappa shape index (κ3) is 1.85. The third-order valence-electron chi connectivity index (χ3n) is 5.52. The summed E-state index contributed by atoms with van der Waals surface area (Å²) in [5.41, 5.74) is 7.18. The van der Waals surface area contributed by atoms with Crippen LogP contribution in [0.2, 0.25) is 0 Å². The van der Waals surface area contributed by atoms with Gasteiger partial charge in [-0.3, -0.25) is 14.7 Å². The van der Waals surface area contributed by atoms with E-state index in [0.717, 1.165) is 22.3 Å². The van der Waals surface area contributed by atoms with E-state index in [2.05, 4.69) is 22.1 Å². The molecule has 6 heteroatoms. The van der Waals surface area contributed by atoms with Gasteiger partial charge in [-0.25, -0.2) is 9.88 Å². The summed E-state index contributed by atoms with van der Waals surface area (Å²) in [5, 5.41) is 7.26. The van der Waals surface area contributed by atoms with Gasteiger partial charge in [0, 0.05) is 6.20 Å². The first-order valence-corrected chi connectivity index (χ1v) is 8.12. The first-order chi connectivity index (χ1) is 11.8. The summed E-state index contributed by atoms with van der Waals surface area (Å²) < 4.78 is 0. The Morgan fingerprint density at radius 2 is 1.44 bits per heavy atom. The second-order valence-corrected chi connectivity index (χ2v) is 6.60. The van der Waals surface area contributed by atoms with E-state index in [9.17, 15) is 9.59 Å². The summed E-state index contributed by atoms with van der Waals surface area (Å²) >= 11 is 0. The number of carbonyl (C=O) groups excluding carboxylic acids is 2. The summed E-state index contributed by atoms with van der Waals surface area (Å²) in [6.45, 7) is 10.0. The SMILES string of the molecule is Cc1c(C)c(C)c(N2C(=O)c3cnc4[nH]ncc4c3C2=O)c(C)c1C. The Balaban J connectivity index is 2.00. The Kier molecular flexibility index (Phi) is 3.09. The van der Waals surface area contributed by atoms with Gasteiger partial charge in [0.1, 0.15) is 0 Å². The average Bonchev–Trinajstić information content (AvgIpc) is 3.16. The second-order valence-electron chi connectivity index (χ2n) is 6.60. The van der Waals surface area contributed by atoms with E-state index in [0.29, 0.717) is 27.8 Å². The molecule has 126 valence electrons. The van der Waals surface area contributed by atoms with Crippen LogP contribution in [-0.2, 0) is 0 Å². The quantitative estimate of drug-likeness (QED) is 0.693. The molecule has 4 rings (SSSR count). The van der Waals surface area contributed by atoms with Crippen molar-refractivity contribution in [1.82, 2.24) is 15.2 Å². The van der Waals surface area contributed by atoms with Crippen LogP contribution in [0.4, 0.5) is 5.69 Å². The van der Waals surface area contributed by atoms with Crippen LogP contribution in [-0.4, -0.2) is 27.0 Å². The lowest BCUT2D eigenvalue weighted by molar-refractivity contribution is 0.0926. The zero-order valence-electron chi connectivity index (χ0n) is 14.8. The fourth-order valence-corrected chi connectivity index (χ4v) is 3.64. The lowest BCUT2D eigenvalue weighted by Crippen LogP contribution is -2.31. The maximum absolute atomic E-state index is 13.2. The van der Waals surface area contributed by atoms with Gasteiger partial charge in [0.2, 0.25) is 0 Å². The molecule has 0 bridgehead atoms. The number of H-pyrrole nitrogens is 1. The molecule has 0 unspecified atom stereocenters. The number of anilines is 1. The molecule has 1 N–H and O–H groups in total. The van der Waals surface area contributed by atoms with Gasteiger partial charge in [0.05, 0.1) is 28.4 Å². The molecule has 0 aliphatic carbocycles. The molecular weight excluding hydrogens is 316 g/mol. The highest BCUT2D eigenvalue weighted by atomic mass is 16.2. The molecular formula is C19H18N4O2. The Bertz CT molecular complexity index is 1070.